The number of hydrogen-bond acceptors (Lipinski definition) is 6. The van der Waals surface area contributed by atoms with Crippen molar-refractivity contribution in [3.63, 3.8) is 0 Å². The summed E-state index contributed by atoms with van der Waals surface area (Å²) in [7, 11) is 1.62. The van der Waals surface area contributed by atoms with Gasteiger partial charge in [-0.05, 0) is 49.4 Å². The molecule has 2 aromatic carbocycles. The molecule has 0 amide bonds. The summed E-state index contributed by atoms with van der Waals surface area (Å²) < 4.78 is 23.4. The van der Waals surface area contributed by atoms with E-state index in [0.29, 0.717) is 30.1 Å². The van der Waals surface area contributed by atoms with Gasteiger partial charge in [0.25, 0.3) is 0 Å². The van der Waals surface area contributed by atoms with Crippen molar-refractivity contribution in [2.24, 2.45) is 0 Å². The highest BCUT2D eigenvalue weighted by molar-refractivity contribution is 5.73. The van der Waals surface area contributed by atoms with Crippen molar-refractivity contribution in [1.82, 2.24) is 0 Å². The molecule has 1 aliphatic heterocycles. The van der Waals surface area contributed by atoms with Gasteiger partial charge in [0.15, 0.2) is 0 Å². The maximum absolute atomic E-state index is 12.5. The van der Waals surface area contributed by atoms with E-state index in [1.807, 2.05) is 30.3 Å². The van der Waals surface area contributed by atoms with Crippen LogP contribution in [0, 0.1) is 0 Å². The molecule has 0 fully saturated rings. The number of benzene rings is 2. The minimum Gasteiger partial charge on any atom is -0.496 e. The second-order valence-electron chi connectivity index (χ2n) is 12.9. The maximum Gasteiger partial charge on any atom is 0.311 e. The van der Waals surface area contributed by atoms with Crippen molar-refractivity contribution in [1.29, 1.82) is 0 Å². The SMILES string of the molecule is CCCCCCCCCCCC(=O)Oc1ccc2c(c1)OC(c1ccc(OC(=O)CCCCCCCCCCC)cc1OC)CC2. The first kappa shape index (κ1) is 37.4. The molecule has 46 heavy (non-hydrogen) atoms. The van der Waals surface area contributed by atoms with E-state index in [-0.39, 0.29) is 18.0 Å². The highest BCUT2D eigenvalue weighted by Gasteiger charge is 2.25. The van der Waals surface area contributed by atoms with Crippen molar-refractivity contribution in [3.05, 3.63) is 47.5 Å². The number of ether oxygens (including phenoxy) is 4. The largest absolute Gasteiger partial charge is 0.496 e. The van der Waals surface area contributed by atoms with Gasteiger partial charge in [-0.1, -0.05) is 123 Å². The van der Waals surface area contributed by atoms with Gasteiger partial charge in [0.2, 0.25) is 0 Å². The molecule has 3 rings (SSSR count). The first-order chi connectivity index (χ1) is 22.5. The number of carbonyl (C=O) groups excluding carboxylic acids is 2. The summed E-state index contributed by atoms with van der Waals surface area (Å²) in [5.74, 6) is 1.95. The van der Waals surface area contributed by atoms with E-state index in [0.717, 1.165) is 55.4 Å². The van der Waals surface area contributed by atoms with Crippen LogP contribution in [0.3, 0.4) is 0 Å². The fraction of sp³-hybridized carbons (Fsp3) is 0.650. The van der Waals surface area contributed by atoms with E-state index in [1.165, 1.54) is 89.9 Å². The summed E-state index contributed by atoms with van der Waals surface area (Å²) >= 11 is 0. The van der Waals surface area contributed by atoms with Crippen LogP contribution in [0.2, 0.25) is 0 Å². The molecule has 0 radical (unpaired) electrons. The van der Waals surface area contributed by atoms with E-state index in [2.05, 4.69) is 13.8 Å². The lowest BCUT2D eigenvalue weighted by molar-refractivity contribution is -0.135. The van der Waals surface area contributed by atoms with Gasteiger partial charge in [-0.3, -0.25) is 9.59 Å². The van der Waals surface area contributed by atoms with E-state index in [4.69, 9.17) is 18.9 Å². The molecule has 256 valence electrons. The second kappa shape index (κ2) is 22.5. The topological polar surface area (TPSA) is 71.1 Å². The Morgan fingerprint density at radius 1 is 0.652 bits per heavy atom. The van der Waals surface area contributed by atoms with Gasteiger partial charge in [-0.15, -0.1) is 0 Å². The number of unbranched alkanes of at least 4 members (excludes halogenated alkanes) is 16. The van der Waals surface area contributed by atoms with Crippen LogP contribution in [-0.2, 0) is 16.0 Å². The summed E-state index contributed by atoms with van der Waals surface area (Å²) in [6.07, 6.45) is 24.1. The van der Waals surface area contributed by atoms with Crippen molar-refractivity contribution < 1.29 is 28.5 Å². The minimum absolute atomic E-state index is 0.195. The Morgan fingerprint density at radius 2 is 1.13 bits per heavy atom. The summed E-state index contributed by atoms with van der Waals surface area (Å²) in [6, 6.07) is 11.2. The van der Waals surface area contributed by atoms with Gasteiger partial charge in [-0.2, -0.15) is 0 Å². The number of rotatable bonds is 24. The molecule has 0 saturated carbocycles. The summed E-state index contributed by atoms with van der Waals surface area (Å²) in [5.41, 5.74) is 2.00. The average molecular weight is 637 g/mol. The van der Waals surface area contributed by atoms with E-state index in [1.54, 1.807) is 13.2 Å². The molecular weight excluding hydrogens is 576 g/mol. The van der Waals surface area contributed by atoms with E-state index >= 15 is 0 Å². The molecule has 6 nitrogen and oxygen atoms in total. The van der Waals surface area contributed by atoms with Crippen molar-refractivity contribution in [2.75, 3.05) is 7.11 Å². The molecule has 0 N–H and O–H groups in total. The first-order valence-electron chi connectivity index (χ1n) is 18.4. The van der Waals surface area contributed by atoms with Gasteiger partial charge in [0.05, 0.1) is 7.11 Å². The Kier molecular flexibility index (Phi) is 18.3. The highest BCUT2D eigenvalue weighted by atomic mass is 16.5. The molecule has 0 aromatic heterocycles. The summed E-state index contributed by atoms with van der Waals surface area (Å²) in [4.78, 5) is 25.0. The van der Waals surface area contributed by atoms with Crippen molar-refractivity contribution >= 4 is 11.9 Å². The smallest absolute Gasteiger partial charge is 0.311 e. The number of aryl methyl sites for hydroxylation is 1. The van der Waals surface area contributed by atoms with Gasteiger partial charge < -0.3 is 18.9 Å². The van der Waals surface area contributed by atoms with E-state index in [9.17, 15) is 9.59 Å². The van der Waals surface area contributed by atoms with Crippen LogP contribution in [0.5, 0.6) is 23.0 Å². The summed E-state index contributed by atoms with van der Waals surface area (Å²) in [6.45, 7) is 4.48. The molecule has 1 atom stereocenters. The Hall–Kier alpha value is -3.02. The molecule has 0 spiro atoms. The maximum atomic E-state index is 12.5. The standard InChI is InChI=1S/C40H60O6/c1-4-6-8-10-12-14-16-18-20-22-39(41)44-33-26-24-32-25-29-36(46-37(32)30-33)35-28-27-34(31-38(35)43-3)45-40(42)23-21-19-17-15-13-11-9-7-5-2/h24,26-28,30-31,36H,4-23,25,29H2,1-3H3. The number of esters is 2. The average Bonchev–Trinajstić information content (AvgIpc) is 3.06. The molecular formula is C40H60O6. The quantitative estimate of drug-likeness (QED) is 0.0648. The number of fused-ring (bicyclic) bond motifs is 1. The van der Waals surface area contributed by atoms with Gasteiger partial charge in [0, 0.05) is 30.5 Å². The predicted molar refractivity (Wildman–Crippen MR) is 186 cm³/mol. The third-order valence-electron chi connectivity index (χ3n) is 8.97. The Labute approximate surface area is 278 Å². The van der Waals surface area contributed by atoms with Crippen LogP contribution < -0.4 is 18.9 Å². The van der Waals surface area contributed by atoms with Crippen LogP contribution in [0.4, 0.5) is 0 Å². The van der Waals surface area contributed by atoms with E-state index < -0.39 is 0 Å². The Morgan fingerprint density at radius 3 is 1.65 bits per heavy atom. The van der Waals surface area contributed by atoms with Crippen LogP contribution in [0.25, 0.3) is 0 Å². The van der Waals surface area contributed by atoms with Crippen LogP contribution in [-0.4, -0.2) is 19.0 Å². The molecule has 0 saturated heterocycles. The van der Waals surface area contributed by atoms with Crippen LogP contribution in [0.1, 0.15) is 166 Å². The fourth-order valence-electron chi connectivity index (χ4n) is 6.18. The van der Waals surface area contributed by atoms with Crippen LogP contribution >= 0.6 is 0 Å². The second-order valence-corrected chi connectivity index (χ2v) is 12.9. The lowest BCUT2D eigenvalue weighted by Crippen LogP contribution is -2.16. The molecule has 6 heteroatoms. The normalized spacial score (nSPS) is 13.9. The minimum atomic E-state index is -0.220. The number of hydrogen-bond donors (Lipinski definition) is 0. The molecule has 1 unspecified atom stereocenters. The Bertz CT molecular complexity index is 1160. The molecule has 1 heterocycles. The third kappa shape index (κ3) is 14.2. The molecule has 2 aromatic rings. The van der Waals surface area contributed by atoms with Crippen LogP contribution in [0.15, 0.2) is 36.4 Å². The number of carbonyl (C=O) groups is 2. The lowest BCUT2D eigenvalue weighted by atomic mass is 9.96. The molecule has 0 bridgehead atoms. The lowest BCUT2D eigenvalue weighted by Gasteiger charge is -2.28. The summed E-state index contributed by atoms with van der Waals surface area (Å²) in [5, 5.41) is 0. The highest BCUT2D eigenvalue weighted by Crippen LogP contribution is 2.41. The zero-order chi connectivity index (χ0) is 32.8. The molecule has 1 aliphatic rings. The van der Waals surface area contributed by atoms with Gasteiger partial charge in [0.1, 0.15) is 29.1 Å². The fourth-order valence-corrected chi connectivity index (χ4v) is 6.18. The van der Waals surface area contributed by atoms with Gasteiger partial charge in [-0.25, -0.2) is 0 Å². The predicted octanol–water partition coefficient (Wildman–Crippen LogP) is 11.4. The zero-order valence-corrected chi connectivity index (χ0v) is 29.0. The molecule has 0 aliphatic carbocycles. The Balaban J connectivity index is 1.41. The van der Waals surface area contributed by atoms with Crippen molar-refractivity contribution in [2.45, 2.75) is 161 Å². The van der Waals surface area contributed by atoms with Gasteiger partial charge >= 0.3 is 11.9 Å². The third-order valence-corrected chi connectivity index (χ3v) is 8.97. The monoisotopic (exact) mass is 636 g/mol. The first-order valence-corrected chi connectivity index (χ1v) is 18.4. The number of methoxy groups -OCH3 is 1. The van der Waals surface area contributed by atoms with Crippen molar-refractivity contribution in [3.8, 4) is 23.0 Å². The zero-order valence-electron chi connectivity index (χ0n) is 29.0.